The molecule has 1 atom stereocenters. The molecule has 1 unspecified atom stereocenters. The largest absolute Gasteiger partial charge is 0.372 e. The Morgan fingerprint density at radius 2 is 2.33 bits per heavy atom. The Bertz CT molecular complexity index is 337. The minimum absolute atomic E-state index is 0.176. The predicted molar refractivity (Wildman–Crippen MR) is 60.3 cm³/mol. The fourth-order valence-corrected chi connectivity index (χ4v) is 2.05. The van der Waals surface area contributed by atoms with E-state index < -0.39 is 0 Å². The topological polar surface area (TPSA) is 21.3 Å². The zero-order chi connectivity index (χ0) is 10.7. The number of hydrogen-bond acceptors (Lipinski definition) is 2. The fraction of sp³-hybridized carbons (Fsp3) is 0.455. The van der Waals surface area contributed by atoms with Gasteiger partial charge in [0.15, 0.2) is 0 Å². The highest BCUT2D eigenvalue weighted by Gasteiger charge is 2.18. The summed E-state index contributed by atoms with van der Waals surface area (Å²) in [6.07, 6.45) is 0.802. The molecule has 1 aliphatic heterocycles. The molecule has 1 fully saturated rings. The Morgan fingerprint density at radius 1 is 1.47 bits per heavy atom. The molecule has 2 nitrogen and oxygen atoms in total. The zero-order valence-electron chi connectivity index (χ0n) is 8.30. The maximum absolute atomic E-state index is 13.6. The van der Waals surface area contributed by atoms with E-state index in [0.29, 0.717) is 18.7 Å². The van der Waals surface area contributed by atoms with Gasteiger partial charge >= 0.3 is 0 Å². The van der Waals surface area contributed by atoms with Crippen molar-refractivity contribution >= 4 is 15.9 Å². The van der Waals surface area contributed by atoms with Crippen LogP contribution >= 0.6 is 15.9 Å². The third-order valence-electron chi connectivity index (χ3n) is 2.45. The first-order chi connectivity index (χ1) is 7.27. The summed E-state index contributed by atoms with van der Waals surface area (Å²) in [5, 5.41) is 3.24. The van der Waals surface area contributed by atoms with Crippen LogP contribution in [0, 0.1) is 5.82 Å². The van der Waals surface area contributed by atoms with Crippen LogP contribution in [0.2, 0.25) is 0 Å². The Kier molecular flexibility index (Phi) is 3.72. The molecule has 4 heteroatoms. The van der Waals surface area contributed by atoms with Gasteiger partial charge in [-0.15, -0.1) is 0 Å². The molecule has 0 radical (unpaired) electrons. The van der Waals surface area contributed by atoms with Crippen LogP contribution in [-0.4, -0.2) is 19.7 Å². The maximum atomic E-state index is 13.6. The van der Waals surface area contributed by atoms with E-state index in [0.717, 1.165) is 17.4 Å². The minimum Gasteiger partial charge on any atom is -0.372 e. The molecule has 0 bridgehead atoms. The number of halogens is 2. The van der Waals surface area contributed by atoms with Crippen LogP contribution in [0.3, 0.4) is 0 Å². The lowest BCUT2D eigenvalue weighted by molar-refractivity contribution is 0.0643. The van der Waals surface area contributed by atoms with Gasteiger partial charge in [-0.2, -0.15) is 0 Å². The fourth-order valence-electron chi connectivity index (χ4n) is 1.68. The van der Waals surface area contributed by atoms with Crippen molar-refractivity contribution in [2.45, 2.75) is 12.5 Å². The Balaban J connectivity index is 2.22. The van der Waals surface area contributed by atoms with Crippen LogP contribution in [0.4, 0.5) is 4.39 Å². The molecule has 1 aromatic carbocycles. The molecule has 0 aliphatic carbocycles. The summed E-state index contributed by atoms with van der Waals surface area (Å²) in [7, 11) is 0. The monoisotopic (exact) mass is 273 g/mol. The van der Waals surface area contributed by atoms with Crippen molar-refractivity contribution in [3.63, 3.8) is 0 Å². The second kappa shape index (κ2) is 5.05. The molecule has 15 heavy (non-hydrogen) atoms. The molecular weight excluding hydrogens is 261 g/mol. The van der Waals surface area contributed by atoms with Gasteiger partial charge < -0.3 is 10.1 Å². The van der Waals surface area contributed by atoms with E-state index in [1.807, 2.05) is 0 Å². The van der Waals surface area contributed by atoms with E-state index in [1.165, 1.54) is 6.07 Å². The Morgan fingerprint density at radius 3 is 3.20 bits per heavy atom. The molecule has 1 saturated heterocycles. The van der Waals surface area contributed by atoms with Gasteiger partial charge in [-0.3, -0.25) is 0 Å². The van der Waals surface area contributed by atoms with Crippen molar-refractivity contribution < 1.29 is 9.13 Å². The first-order valence-corrected chi connectivity index (χ1v) is 5.84. The van der Waals surface area contributed by atoms with Gasteiger partial charge in [0.1, 0.15) is 5.82 Å². The van der Waals surface area contributed by atoms with Gasteiger partial charge in [0.2, 0.25) is 0 Å². The van der Waals surface area contributed by atoms with Gasteiger partial charge in [0.05, 0.1) is 6.10 Å². The van der Waals surface area contributed by atoms with Gasteiger partial charge in [-0.25, -0.2) is 4.39 Å². The predicted octanol–water partition coefficient (Wildman–Crippen LogP) is 2.64. The van der Waals surface area contributed by atoms with Crippen molar-refractivity contribution in [2.75, 3.05) is 19.7 Å². The number of nitrogens with one attached hydrogen (secondary N) is 1. The third-order valence-corrected chi connectivity index (χ3v) is 2.94. The molecule has 1 aliphatic rings. The summed E-state index contributed by atoms with van der Waals surface area (Å²) in [5.74, 6) is -0.202. The quantitative estimate of drug-likeness (QED) is 0.850. The highest BCUT2D eigenvalue weighted by atomic mass is 79.9. The SMILES string of the molecule is Fc1ccc(Br)cc1C1CNCCCO1. The van der Waals surface area contributed by atoms with Gasteiger partial charge in [-0.05, 0) is 31.2 Å². The van der Waals surface area contributed by atoms with Crippen molar-refractivity contribution in [2.24, 2.45) is 0 Å². The second-order valence-electron chi connectivity index (χ2n) is 3.58. The van der Waals surface area contributed by atoms with E-state index in [9.17, 15) is 4.39 Å². The molecule has 0 spiro atoms. The summed E-state index contributed by atoms with van der Waals surface area (Å²) in [6, 6.07) is 4.95. The molecule has 82 valence electrons. The average molecular weight is 274 g/mol. The highest BCUT2D eigenvalue weighted by Crippen LogP contribution is 2.24. The first kappa shape index (κ1) is 11.0. The normalized spacial score (nSPS) is 22.4. The molecule has 1 aromatic rings. The number of rotatable bonds is 1. The van der Waals surface area contributed by atoms with E-state index in [1.54, 1.807) is 12.1 Å². The van der Waals surface area contributed by atoms with Crippen molar-refractivity contribution in [3.05, 3.63) is 34.1 Å². The minimum atomic E-state index is -0.202. The Labute approximate surface area is 96.9 Å². The lowest BCUT2D eigenvalue weighted by Gasteiger charge is -2.16. The summed E-state index contributed by atoms with van der Waals surface area (Å²) in [4.78, 5) is 0. The van der Waals surface area contributed by atoms with Crippen LogP contribution in [0.15, 0.2) is 22.7 Å². The molecule has 1 N–H and O–H groups in total. The molecule has 0 saturated carbocycles. The van der Waals surface area contributed by atoms with E-state index in [2.05, 4.69) is 21.2 Å². The van der Waals surface area contributed by atoms with Crippen molar-refractivity contribution in [3.8, 4) is 0 Å². The van der Waals surface area contributed by atoms with Crippen molar-refractivity contribution in [1.29, 1.82) is 0 Å². The first-order valence-electron chi connectivity index (χ1n) is 5.04. The van der Waals surface area contributed by atoms with Crippen LogP contribution < -0.4 is 5.32 Å². The standard InChI is InChI=1S/C11H13BrFNO/c12-8-2-3-10(13)9(6-8)11-7-14-4-1-5-15-11/h2-3,6,11,14H,1,4-5,7H2. The van der Waals surface area contributed by atoms with Gasteiger partial charge in [0, 0.05) is 23.2 Å². The average Bonchev–Trinajstić information content (AvgIpc) is 2.50. The summed E-state index contributed by atoms with van der Waals surface area (Å²) in [5.41, 5.74) is 0.624. The second-order valence-corrected chi connectivity index (χ2v) is 4.50. The lowest BCUT2D eigenvalue weighted by Crippen LogP contribution is -2.20. The van der Waals surface area contributed by atoms with Crippen LogP contribution in [0.1, 0.15) is 18.1 Å². The van der Waals surface area contributed by atoms with Crippen LogP contribution in [0.5, 0.6) is 0 Å². The van der Waals surface area contributed by atoms with Crippen molar-refractivity contribution in [1.82, 2.24) is 5.32 Å². The molecular formula is C11H13BrFNO. The van der Waals surface area contributed by atoms with Crippen LogP contribution in [0.25, 0.3) is 0 Å². The number of ether oxygens (including phenoxy) is 1. The highest BCUT2D eigenvalue weighted by molar-refractivity contribution is 9.10. The summed E-state index contributed by atoms with van der Waals surface area (Å²) >= 11 is 3.34. The van der Waals surface area contributed by atoms with Crippen LogP contribution in [-0.2, 0) is 4.74 Å². The zero-order valence-corrected chi connectivity index (χ0v) is 9.89. The van der Waals surface area contributed by atoms with Gasteiger partial charge in [-0.1, -0.05) is 15.9 Å². The molecule has 1 heterocycles. The van der Waals surface area contributed by atoms with E-state index in [-0.39, 0.29) is 11.9 Å². The van der Waals surface area contributed by atoms with E-state index >= 15 is 0 Å². The molecule has 2 rings (SSSR count). The van der Waals surface area contributed by atoms with Gasteiger partial charge in [0.25, 0.3) is 0 Å². The lowest BCUT2D eigenvalue weighted by atomic mass is 10.1. The molecule has 0 aromatic heterocycles. The third kappa shape index (κ3) is 2.77. The molecule has 0 amide bonds. The number of hydrogen-bond donors (Lipinski definition) is 1. The smallest absolute Gasteiger partial charge is 0.129 e. The van der Waals surface area contributed by atoms with E-state index in [4.69, 9.17) is 4.74 Å². The summed E-state index contributed by atoms with van der Waals surface area (Å²) < 4.78 is 20.0. The number of benzene rings is 1. The summed E-state index contributed by atoms with van der Waals surface area (Å²) in [6.45, 7) is 2.29. The maximum Gasteiger partial charge on any atom is 0.129 e. The Hall–Kier alpha value is -0.450.